The summed E-state index contributed by atoms with van der Waals surface area (Å²) in [5, 5.41) is 20.1. The van der Waals surface area contributed by atoms with Gasteiger partial charge in [0.1, 0.15) is 0 Å². The summed E-state index contributed by atoms with van der Waals surface area (Å²) < 4.78 is 0. The second kappa shape index (κ2) is 4.40. The van der Waals surface area contributed by atoms with Crippen molar-refractivity contribution in [2.45, 2.75) is 51.7 Å². The molecule has 2 unspecified atom stereocenters. The molecule has 90 valence electrons. The fourth-order valence-electron chi connectivity index (χ4n) is 2.09. The maximum Gasteiger partial charge on any atom is 0.0768 e. The highest BCUT2D eigenvalue weighted by molar-refractivity contribution is 4.88. The lowest BCUT2D eigenvalue weighted by Gasteiger charge is -2.41. The Morgan fingerprint density at radius 1 is 1.47 bits per heavy atom. The van der Waals surface area contributed by atoms with E-state index in [1.165, 1.54) is 0 Å². The first-order valence-electron chi connectivity index (χ1n) is 5.90. The van der Waals surface area contributed by atoms with Crippen molar-refractivity contribution in [1.29, 1.82) is 0 Å². The Labute approximate surface area is 93.1 Å². The van der Waals surface area contributed by atoms with Crippen LogP contribution in [0.2, 0.25) is 0 Å². The zero-order valence-electron chi connectivity index (χ0n) is 10.5. The average Bonchev–Trinajstić information content (AvgIpc) is 2.00. The largest absolute Gasteiger partial charge is 0.389 e. The first kappa shape index (κ1) is 12.9. The monoisotopic (exact) mass is 215 g/mol. The van der Waals surface area contributed by atoms with Gasteiger partial charge in [0.25, 0.3) is 0 Å². The van der Waals surface area contributed by atoms with Crippen LogP contribution >= 0.6 is 0 Å². The van der Waals surface area contributed by atoms with Crippen molar-refractivity contribution in [2.75, 3.05) is 19.6 Å². The molecule has 1 aliphatic heterocycles. The minimum absolute atomic E-state index is 0.240. The van der Waals surface area contributed by atoms with Gasteiger partial charge in [0.2, 0.25) is 0 Å². The summed E-state index contributed by atoms with van der Waals surface area (Å²) >= 11 is 0. The molecule has 3 nitrogen and oxygen atoms in total. The van der Waals surface area contributed by atoms with Crippen LogP contribution in [0.4, 0.5) is 0 Å². The highest BCUT2D eigenvalue weighted by Crippen LogP contribution is 2.24. The van der Waals surface area contributed by atoms with E-state index in [9.17, 15) is 10.2 Å². The molecule has 1 rings (SSSR count). The number of aliphatic hydroxyl groups is 2. The number of β-amino-alcohol motifs (C(OH)–C–C–N with tert-alkyl or cyclic N) is 2. The van der Waals surface area contributed by atoms with Crippen molar-refractivity contribution in [1.82, 2.24) is 4.90 Å². The van der Waals surface area contributed by atoms with Gasteiger partial charge in [0.05, 0.1) is 11.2 Å². The third-order valence-corrected chi connectivity index (χ3v) is 3.54. The van der Waals surface area contributed by atoms with Gasteiger partial charge < -0.3 is 10.2 Å². The van der Waals surface area contributed by atoms with Crippen LogP contribution in [0.25, 0.3) is 0 Å². The van der Waals surface area contributed by atoms with Gasteiger partial charge in [0.15, 0.2) is 0 Å². The molecule has 1 saturated heterocycles. The normalized spacial score (nSPS) is 33.0. The Bertz CT molecular complexity index is 212. The van der Waals surface area contributed by atoms with Gasteiger partial charge in [0, 0.05) is 13.1 Å². The molecule has 0 bridgehead atoms. The average molecular weight is 215 g/mol. The Balaban J connectivity index is 2.52. The molecule has 0 aromatic carbocycles. The molecule has 0 aromatic rings. The summed E-state index contributed by atoms with van der Waals surface area (Å²) in [7, 11) is 0. The molecule has 1 heterocycles. The van der Waals surface area contributed by atoms with Gasteiger partial charge in [-0.2, -0.15) is 0 Å². The number of rotatable bonds is 3. The van der Waals surface area contributed by atoms with Crippen LogP contribution in [0.5, 0.6) is 0 Å². The van der Waals surface area contributed by atoms with E-state index in [0.717, 1.165) is 19.4 Å². The second-order valence-electron chi connectivity index (χ2n) is 5.82. The number of piperidine rings is 1. The van der Waals surface area contributed by atoms with E-state index >= 15 is 0 Å². The predicted molar refractivity (Wildman–Crippen MR) is 61.8 cm³/mol. The highest BCUT2D eigenvalue weighted by atomic mass is 16.3. The van der Waals surface area contributed by atoms with Crippen molar-refractivity contribution >= 4 is 0 Å². The summed E-state index contributed by atoms with van der Waals surface area (Å²) in [6.07, 6.45) is 1.88. The van der Waals surface area contributed by atoms with E-state index in [1.807, 2.05) is 27.7 Å². The van der Waals surface area contributed by atoms with Gasteiger partial charge in [-0.25, -0.2) is 0 Å². The molecule has 0 amide bonds. The minimum Gasteiger partial charge on any atom is -0.389 e. The van der Waals surface area contributed by atoms with Crippen molar-refractivity contribution in [2.24, 2.45) is 5.92 Å². The van der Waals surface area contributed by atoms with Crippen LogP contribution in [-0.2, 0) is 0 Å². The van der Waals surface area contributed by atoms with E-state index in [-0.39, 0.29) is 5.92 Å². The Kier molecular flexibility index (Phi) is 3.80. The zero-order valence-corrected chi connectivity index (χ0v) is 10.5. The number of nitrogens with zero attached hydrogens (tertiary/aromatic N) is 1. The Hall–Kier alpha value is -0.120. The van der Waals surface area contributed by atoms with Crippen LogP contribution in [0.15, 0.2) is 0 Å². The first-order valence-corrected chi connectivity index (χ1v) is 5.90. The lowest BCUT2D eigenvalue weighted by Crippen LogP contribution is -2.52. The molecule has 1 aliphatic rings. The molecule has 2 atom stereocenters. The summed E-state index contributed by atoms with van der Waals surface area (Å²) in [5.74, 6) is 0.240. The fraction of sp³-hybridized carbons (Fsp3) is 1.00. The molecule has 1 fully saturated rings. The third kappa shape index (κ3) is 3.74. The van der Waals surface area contributed by atoms with Gasteiger partial charge >= 0.3 is 0 Å². The van der Waals surface area contributed by atoms with Crippen molar-refractivity contribution in [3.05, 3.63) is 0 Å². The van der Waals surface area contributed by atoms with E-state index in [2.05, 4.69) is 4.90 Å². The lowest BCUT2D eigenvalue weighted by molar-refractivity contribution is -0.0637. The molecule has 0 radical (unpaired) electrons. The molecular weight excluding hydrogens is 190 g/mol. The number of hydrogen-bond acceptors (Lipinski definition) is 3. The van der Waals surface area contributed by atoms with E-state index < -0.39 is 11.2 Å². The van der Waals surface area contributed by atoms with Crippen molar-refractivity contribution in [3.63, 3.8) is 0 Å². The SMILES string of the molecule is CC(C)C(C)(O)CN1CCCC(C)(O)C1. The molecular formula is C12H25NO2. The second-order valence-corrected chi connectivity index (χ2v) is 5.82. The van der Waals surface area contributed by atoms with E-state index in [1.54, 1.807) is 0 Å². The van der Waals surface area contributed by atoms with Gasteiger partial charge in [-0.05, 0) is 39.2 Å². The standard InChI is InChI=1S/C12H25NO2/c1-10(2)12(4,15)9-13-7-5-6-11(3,14)8-13/h10,14-15H,5-9H2,1-4H3. The summed E-state index contributed by atoms with van der Waals surface area (Å²) in [6, 6.07) is 0. The van der Waals surface area contributed by atoms with E-state index in [0.29, 0.717) is 13.1 Å². The van der Waals surface area contributed by atoms with Gasteiger partial charge in [-0.3, -0.25) is 4.90 Å². The molecule has 2 N–H and O–H groups in total. The Morgan fingerprint density at radius 3 is 2.53 bits per heavy atom. The van der Waals surface area contributed by atoms with Crippen molar-refractivity contribution < 1.29 is 10.2 Å². The lowest BCUT2D eigenvalue weighted by atomic mass is 9.89. The molecule has 0 aromatic heterocycles. The van der Waals surface area contributed by atoms with Crippen LogP contribution in [0.3, 0.4) is 0 Å². The molecule has 3 heteroatoms. The Morgan fingerprint density at radius 2 is 2.07 bits per heavy atom. The molecule has 0 saturated carbocycles. The summed E-state index contributed by atoms with van der Waals surface area (Å²) in [5.41, 5.74) is -1.24. The third-order valence-electron chi connectivity index (χ3n) is 3.54. The quantitative estimate of drug-likeness (QED) is 0.744. The van der Waals surface area contributed by atoms with Gasteiger partial charge in [-0.15, -0.1) is 0 Å². The maximum absolute atomic E-state index is 10.2. The van der Waals surface area contributed by atoms with Crippen LogP contribution in [-0.4, -0.2) is 45.9 Å². The fourth-order valence-corrected chi connectivity index (χ4v) is 2.09. The zero-order chi connectivity index (χ0) is 11.7. The van der Waals surface area contributed by atoms with Crippen LogP contribution in [0, 0.1) is 5.92 Å². The topological polar surface area (TPSA) is 43.7 Å². The molecule has 15 heavy (non-hydrogen) atoms. The van der Waals surface area contributed by atoms with Crippen LogP contribution in [0.1, 0.15) is 40.5 Å². The predicted octanol–water partition coefficient (Wildman–Crippen LogP) is 1.24. The number of hydrogen-bond donors (Lipinski definition) is 2. The first-order chi connectivity index (χ1) is 6.73. The van der Waals surface area contributed by atoms with Crippen molar-refractivity contribution in [3.8, 4) is 0 Å². The summed E-state index contributed by atoms with van der Waals surface area (Å²) in [6.45, 7) is 10.1. The van der Waals surface area contributed by atoms with Gasteiger partial charge in [-0.1, -0.05) is 13.8 Å². The molecule has 0 aliphatic carbocycles. The van der Waals surface area contributed by atoms with Crippen LogP contribution < -0.4 is 0 Å². The highest BCUT2D eigenvalue weighted by Gasteiger charge is 2.33. The maximum atomic E-state index is 10.2. The minimum atomic E-state index is -0.659. The number of likely N-dealkylation sites (tertiary alicyclic amines) is 1. The molecule has 0 spiro atoms. The smallest absolute Gasteiger partial charge is 0.0768 e. The van der Waals surface area contributed by atoms with E-state index in [4.69, 9.17) is 0 Å². The summed E-state index contributed by atoms with van der Waals surface area (Å²) in [4.78, 5) is 2.17.